The van der Waals surface area contributed by atoms with E-state index in [0.29, 0.717) is 6.54 Å². The molecule has 1 saturated carbocycles. The van der Waals surface area contributed by atoms with Crippen molar-refractivity contribution >= 4 is 11.9 Å². The van der Waals surface area contributed by atoms with Crippen LogP contribution < -0.4 is 10.6 Å². The van der Waals surface area contributed by atoms with Gasteiger partial charge in [-0.1, -0.05) is 0 Å². The second-order valence-corrected chi connectivity index (χ2v) is 4.49. The molecule has 1 fully saturated rings. The maximum Gasteiger partial charge on any atom is 0.329 e. The Morgan fingerprint density at radius 2 is 2.12 bits per heavy atom. The highest BCUT2D eigenvalue weighted by Gasteiger charge is 2.34. The number of carbonyl (C=O) groups excluding carboxylic acids is 2. The fourth-order valence-electron chi connectivity index (χ4n) is 1.79. The van der Waals surface area contributed by atoms with Gasteiger partial charge in [-0.25, -0.2) is 4.79 Å². The first-order valence-electron chi connectivity index (χ1n) is 5.75. The summed E-state index contributed by atoms with van der Waals surface area (Å²) in [4.78, 5) is 22.3. The summed E-state index contributed by atoms with van der Waals surface area (Å²) in [5, 5.41) is 15.3. The molecule has 0 bridgehead atoms. The molecule has 6 nitrogen and oxygen atoms in total. The number of amides is 1. The van der Waals surface area contributed by atoms with Crippen molar-refractivity contribution in [2.24, 2.45) is 0 Å². The zero-order valence-electron chi connectivity index (χ0n) is 10.3. The molecule has 1 aliphatic rings. The van der Waals surface area contributed by atoms with Crippen LogP contribution in [0, 0.1) is 0 Å². The Hall–Kier alpha value is -1.14. The number of rotatable bonds is 6. The van der Waals surface area contributed by atoms with Gasteiger partial charge in [0.25, 0.3) is 0 Å². The smallest absolute Gasteiger partial charge is 0.329 e. The minimum Gasteiger partial charge on any atom is -0.467 e. The van der Waals surface area contributed by atoms with Crippen LogP contribution in [0.2, 0.25) is 0 Å². The van der Waals surface area contributed by atoms with Crippen LogP contribution >= 0.6 is 0 Å². The topological polar surface area (TPSA) is 87.7 Å². The predicted molar refractivity (Wildman–Crippen MR) is 61.3 cm³/mol. The number of hydrogen-bond donors (Lipinski definition) is 3. The molecule has 17 heavy (non-hydrogen) atoms. The molecular formula is C11H20N2O4. The highest BCUT2D eigenvalue weighted by molar-refractivity contribution is 5.83. The molecule has 0 saturated heterocycles. The summed E-state index contributed by atoms with van der Waals surface area (Å²) in [5.41, 5.74) is -0.642. The van der Waals surface area contributed by atoms with Gasteiger partial charge in [-0.2, -0.15) is 0 Å². The zero-order chi connectivity index (χ0) is 12.9. The van der Waals surface area contributed by atoms with Crippen LogP contribution in [0.3, 0.4) is 0 Å². The molecule has 6 heteroatoms. The van der Waals surface area contributed by atoms with Gasteiger partial charge >= 0.3 is 5.97 Å². The second-order valence-electron chi connectivity index (χ2n) is 4.49. The minimum absolute atomic E-state index is 0.258. The van der Waals surface area contributed by atoms with Crippen LogP contribution in [0.15, 0.2) is 0 Å². The van der Waals surface area contributed by atoms with Gasteiger partial charge in [0, 0.05) is 20.0 Å². The molecule has 0 aromatic carbocycles. The lowest BCUT2D eigenvalue weighted by atomic mass is 9.80. The van der Waals surface area contributed by atoms with E-state index in [1.165, 1.54) is 14.0 Å². The minimum atomic E-state index is -0.707. The fourth-order valence-corrected chi connectivity index (χ4v) is 1.79. The van der Waals surface area contributed by atoms with Gasteiger partial charge in [-0.05, 0) is 19.3 Å². The van der Waals surface area contributed by atoms with Crippen LogP contribution in [0.1, 0.15) is 26.2 Å². The molecule has 0 aliphatic heterocycles. The third kappa shape index (κ3) is 4.32. The Bertz CT molecular complexity index is 289. The summed E-state index contributed by atoms with van der Waals surface area (Å²) < 4.78 is 4.58. The van der Waals surface area contributed by atoms with Crippen molar-refractivity contribution in [3.63, 3.8) is 0 Å². The van der Waals surface area contributed by atoms with E-state index in [9.17, 15) is 14.7 Å². The van der Waals surface area contributed by atoms with E-state index in [4.69, 9.17) is 0 Å². The summed E-state index contributed by atoms with van der Waals surface area (Å²) in [5.74, 6) is -0.780. The second kappa shape index (κ2) is 5.97. The molecule has 0 heterocycles. The zero-order valence-corrected chi connectivity index (χ0v) is 10.3. The average Bonchev–Trinajstić information content (AvgIpc) is 2.23. The molecule has 1 rings (SSSR count). The Morgan fingerprint density at radius 1 is 1.47 bits per heavy atom. The van der Waals surface area contributed by atoms with Crippen LogP contribution in [0.4, 0.5) is 0 Å². The number of aliphatic hydroxyl groups is 1. The van der Waals surface area contributed by atoms with Crippen molar-refractivity contribution in [3.05, 3.63) is 0 Å². The van der Waals surface area contributed by atoms with E-state index in [-0.39, 0.29) is 12.5 Å². The first-order valence-corrected chi connectivity index (χ1v) is 5.75. The summed E-state index contributed by atoms with van der Waals surface area (Å²) in [6.45, 7) is 2.03. The predicted octanol–water partition coefficient (Wildman–Crippen LogP) is -0.831. The monoisotopic (exact) mass is 244 g/mol. The SMILES string of the molecule is COC(=O)C(CNCC1(O)CCC1)NC(C)=O. The number of esters is 1. The number of ether oxygens (including phenoxy) is 1. The molecule has 0 aromatic rings. The highest BCUT2D eigenvalue weighted by atomic mass is 16.5. The Balaban J connectivity index is 2.32. The quantitative estimate of drug-likeness (QED) is 0.531. The summed E-state index contributed by atoms with van der Waals surface area (Å²) in [6.07, 6.45) is 2.59. The van der Waals surface area contributed by atoms with E-state index in [2.05, 4.69) is 15.4 Å². The van der Waals surface area contributed by atoms with Gasteiger partial charge in [0.05, 0.1) is 12.7 Å². The maximum atomic E-state index is 11.3. The van der Waals surface area contributed by atoms with E-state index >= 15 is 0 Å². The number of carbonyl (C=O) groups is 2. The van der Waals surface area contributed by atoms with Gasteiger partial charge < -0.3 is 20.5 Å². The van der Waals surface area contributed by atoms with Crippen LogP contribution in [0.5, 0.6) is 0 Å². The molecule has 0 aromatic heterocycles. The van der Waals surface area contributed by atoms with Gasteiger partial charge in [-0.15, -0.1) is 0 Å². The lowest BCUT2D eigenvalue weighted by molar-refractivity contribution is -0.144. The highest BCUT2D eigenvalue weighted by Crippen LogP contribution is 2.30. The Kier molecular flexibility index (Phi) is 4.89. The Labute approximate surface area is 101 Å². The van der Waals surface area contributed by atoms with Crippen LogP contribution in [-0.2, 0) is 14.3 Å². The molecular weight excluding hydrogens is 224 g/mol. The molecule has 3 N–H and O–H groups in total. The largest absolute Gasteiger partial charge is 0.467 e. The van der Waals surface area contributed by atoms with Crippen LogP contribution in [0.25, 0.3) is 0 Å². The standard InChI is InChI=1S/C11H20N2O4/c1-8(14)13-9(10(15)17-2)6-12-7-11(16)4-3-5-11/h9,12,16H,3-7H2,1-2H3,(H,13,14). The third-order valence-corrected chi connectivity index (χ3v) is 2.95. The van der Waals surface area contributed by atoms with Crippen molar-refractivity contribution in [2.75, 3.05) is 20.2 Å². The third-order valence-electron chi connectivity index (χ3n) is 2.95. The van der Waals surface area contributed by atoms with E-state index < -0.39 is 17.6 Å². The number of nitrogens with one attached hydrogen (secondary N) is 2. The molecule has 1 atom stereocenters. The molecule has 1 aliphatic carbocycles. The first-order chi connectivity index (χ1) is 7.97. The Morgan fingerprint density at radius 3 is 2.53 bits per heavy atom. The van der Waals surface area contributed by atoms with E-state index in [1.807, 2.05) is 0 Å². The molecule has 0 radical (unpaired) electrons. The molecule has 0 spiro atoms. The van der Waals surface area contributed by atoms with Crippen LogP contribution in [-0.4, -0.2) is 48.8 Å². The van der Waals surface area contributed by atoms with Crippen molar-refractivity contribution in [2.45, 2.75) is 37.8 Å². The summed E-state index contributed by atoms with van der Waals surface area (Å²) in [6, 6.07) is -0.707. The maximum absolute atomic E-state index is 11.3. The van der Waals surface area contributed by atoms with Gasteiger partial charge in [0.2, 0.25) is 5.91 Å². The fraction of sp³-hybridized carbons (Fsp3) is 0.818. The summed E-state index contributed by atoms with van der Waals surface area (Å²) >= 11 is 0. The van der Waals surface area contributed by atoms with Crippen molar-refractivity contribution in [3.8, 4) is 0 Å². The van der Waals surface area contributed by atoms with Gasteiger partial charge in [-0.3, -0.25) is 4.79 Å². The lowest BCUT2D eigenvalue weighted by Gasteiger charge is -2.37. The lowest BCUT2D eigenvalue weighted by Crippen LogP contribution is -2.52. The van der Waals surface area contributed by atoms with Gasteiger partial charge in [0.1, 0.15) is 6.04 Å². The number of methoxy groups -OCH3 is 1. The van der Waals surface area contributed by atoms with Crippen molar-refractivity contribution in [1.29, 1.82) is 0 Å². The first kappa shape index (κ1) is 13.9. The number of hydrogen-bond acceptors (Lipinski definition) is 5. The summed E-state index contributed by atoms with van der Waals surface area (Å²) in [7, 11) is 1.27. The van der Waals surface area contributed by atoms with Gasteiger partial charge in [0.15, 0.2) is 0 Å². The van der Waals surface area contributed by atoms with E-state index in [1.54, 1.807) is 0 Å². The van der Waals surface area contributed by atoms with E-state index in [0.717, 1.165) is 19.3 Å². The molecule has 1 unspecified atom stereocenters. The normalized spacial score (nSPS) is 19.0. The average molecular weight is 244 g/mol. The molecule has 98 valence electrons. The molecule has 1 amide bonds. The van der Waals surface area contributed by atoms with Crippen molar-refractivity contribution < 1.29 is 19.4 Å². The van der Waals surface area contributed by atoms with Crippen molar-refractivity contribution in [1.82, 2.24) is 10.6 Å².